The Bertz CT molecular complexity index is 529. The van der Waals surface area contributed by atoms with Crippen LogP contribution in [0, 0.1) is 18.8 Å². The molecule has 0 aromatic carbocycles. The van der Waals surface area contributed by atoms with Crippen LogP contribution in [0.25, 0.3) is 0 Å². The van der Waals surface area contributed by atoms with Crippen molar-refractivity contribution in [3.8, 4) is 0 Å². The van der Waals surface area contributed by atoms with Gasteiger partial charge in [0.15, 0.2) is 0 Å². The Hall–Kier alpha value is -0.840. The molecular formula is C20H31NO3. The lowest BCUT2D eigenvalue weighted by Gasteiger charge is -2.42. The van der Waals surface area contributed by atoms with E-state index in [1.807, 2.05) is 6.92 Å². The maximum atomic E-state index is 6.28. The second-order valence-electron chi connectivity index (χ2n) is 7.99. The van der Waals surface area contributed by atoms with Gasteiger partial charge in [0.2, 0.25) is 0 Å². The van der Waals surface area contributed by atoms with E-state index in [1.54, 1.807) is 0 Å². The third-order valence-corrected chi connectivity index (χ3v) is 6.14. The molecule has 1 aromatic heterocycles. The van der Waals surface area contributed by atoms with E-state index < -0.39 is 0 Å². The van der Waals surface area contributed by atoms with Crippen LogP contribution in [0.3, 0.4) is 0 Å². The highest BCUT2D eigenvalue weighted by atomic mass is 16.5. The smallest absolute Gasteiger partial charge is 0.118 e. The van der Waals surface area contributed by atoms with Crippen LogP contribution in [0.5, 0.6) is 0 Å². The molecule has 2 saturated heterocycles. The lowest BCUT2D eigenvalue weighted by atomic mass is 9.78. The van der Waals surface area contributed by atoms with Crippen LogP contribution in [0.2, 0.25) is 0 Å². The molecule has 2 aliphatic heterocycles. The Labute approximate surface area is 145 Å². The van der Waals surface area contributed by atoms with Gasteiger partial charge in [0.25, 0.3) is 0 Å². The van der Waals surface area contributed by atoms with Crippen molar-refractivity contribution >= 4 is 0 Å². The minimum Gasteiger partial charge on any atom is -0.465 e. The van der Waals surface area contributed by atoms with E-state index in [1.165, 1.54) is 25.7 Å². The zero-order valence-electron chi connectivity index (χ0n) is 15.0. The number of ether oxygens (including phenoxy) is 2. The molecule has 24 heavy (non-hydrogen) atoms. The highest BCUT2D eigenvalue weighted by molar-refractivity contribution is 5.06. The van der Waals surface area contributed by atoms with Gasteiger partial charge in [-0.15, -0.1) is 0 Å². The normalized spacial score (nSPS) is 27.1. The van der Waals surface area contributed by atoms with Crippen molar-refractivity contribution in [2.45, 2.75) is 57.6 Å². The molecule has 3 heterocycles. The first-order valence-electron chi connectivity index (χ1n) is 9.73. The summed E-state index contributed by atoms with van der Waals surface area (Å²) in [6.45, 7) is 8.00. The summed E-state index contributed by atoms with van der Waals surface area (Å²) >= 11 is 0. The van der Waals surface area contributed by atoms with Crippen molar-refractivity contribution in [2.24, 2.45) is 11.8 Å². The summed E-state index contributed by atoms with van der Waals surface area (Å²) in [5.74, 6) is 3.64. The molecule has 3 aliphatic rings. The largest absolute Gasteiger partial charge is 0.465 e. The summed E-state index contributed by atoms with van der Waals surface area (Å²) < 4.78 is 17.9. The molecule has 0 radical (unpaired) electrons. The van der Waals surface area contributed by atoms with E-state index in [0.29, 0.717) is 5.92 Å². The standard InChI is InChI=1S/C20H31NO3/c1-16-2-5-19(24-16)14-21-10-8-20(9-11-21)18(7-13-23-20)6-12-22-15-17-3-4-17/h2,5,17-18H,3-4,6-15H2,1H3/t18-/m0/s1. The lowest BCUT2D eigenvalue weighted by Crippen LogP contribution is -2.47. The Kier molecular flexibility index (Phi) is 4.98. The fraction of sp³-hybridized carbons (Fsp3) is 0.800. The Morgan fingerprint density at radius 1 is 1.21 bits per heavy atom. The Balaban J connectivity index is 1.24. The van der Waals surface area contributed by atoms with Crippen molar-refractivity contribution in [3.05, 3.63) is 23.7 Å². The molecule has 4 rings (SSSR count). The van der Waals surface area contributed by atoms with E-state index in [2.05, 4.69) is 17.0 Å². The molecule has 134 valence electrons. The molecule has 0 amide bonds. The Morgan fingerprint density at radius 2 is 2.04 bits per heavy atom. The molecule has 0 unspecified atom stereocenters. The quantitative estimate of drug-likeness (QED) is 0.711. The first kappa shape index (κ1) is 16.6. The van der Waals surface area contributed by atoms with Crippen LogP contribution < -0.4 is 0 Å². The maximum absolute atomic E-state index is 6.28. The van der Waals surface area contributed by atoms with Gasteiger partial charge < -0.3 is 13.9 Å². The highest BCUT2D eigenvalue weighted by Gasteiger charge is 2.45. The number of hydrogen-bond donors (Lipinski definition) is 0. The van der Waals surface area contributed by atoms with E-state index in [0.717, 1.165) is 69.7 Å². The molecule has 3 fully saturated rings. The topological polar surface area (TPSA) is 34.8 Å². The van der Waals surface area contributed by atoms with Gasteiger partial charge in [-0.05, 0) is 69.4 Å². The SMILES string of the molecule is Cc1ccc(CN2CCC3(CC2)OCC[C@@H]3CCOCC2CC2)o1. The van der Waals surface area contributed by atoms with Crippen molar-refractivity contribution in [2.75, 3.05) is 32.9 Å². The molecule has 1 aliphatic carbocycles. The summed E-state index contributed by atoms with van der Waals surface area (Å²) in [6.07, 6.45) is 7.44. The Morgan fingerprint density at radius 3 is 2.75 bits per heavy atom. The van der Waals surface area contributed by atoms with Gasteiger partial charge in [0.05, 0.1) is 12.1 Å². The van der Waals surface area contributed by atoms with E-state index in [4.69, 9.17) is 13.9 Å². The van der Waals surface area contributed by atoms with Gasteiger partial charge in [-0.1, -0.05) is 0 Å². The predicted molar refractivity (Wildman–Crippen MR) is 92.9 cm³/mol. The summed E-state index contributed by atoms with van der Waals surface area (Å²) in [4.78, 5) is 2.51. The number of furan rings is 1. The molecule has 1 spiro atoms. The number of aryl methyl sites for hydroxylation is 1. The summed E-state index contributed by atoms with van der Waals surface area (Å²) in [7, 11) is 0. The van der Waals surface area contributed by atoms with Crippen molar-refractivity contribution in [1.29, 1.82) is 0 Å². The average Bonchev–Trinajstić information content (AvgIpc) is 3.21. The zero-order chi connectivity index (χ0) is 16.4. The average molecular weight is 333 g/mol. The first-order chi connectivity index (χ1) is 11.7. The summed E-state index contributed by atoms with van der Waals surface area (Å²) in [5, 5.41) is 0. The first-order valence-corrected chi connectivity index (χ1v) is 9.73. The minimum absolute atomic E-state index is 0.124. The van der Waals surface area contributed by atoms with Crippen LogP contribution in [-0.4, -0.2) is 43.4 Å². The number of likely N-dealkylation sites (tertiary alicyclic amines) is 1. The second kappa shape index (κ2) is 7.19. The second-order valence-corrected chi connectivity index (χ2v) is 7.99. The number of nitrogens with zero attached hydrogens (tertiary/aromatic N) is 1. The van der Waals surface area contributed by atoms with Gasteiger partial charge >= 0.3 is 0 Å². The molecule has 1 saturated carbocycles. The van der Waals surface area contributed by atoms with Crippen LogP contribution >= 0.6 is 0 Å². The fourth-order valence-electron chi connectivity index (χ4n) is 4.39. The van der Waals surface area contributed by atoms with E-state index in [9.17, 15) is 0 Å². The van der Waals surface area contributed by atoms with E-state index in [-0.39, 0.29) is 5.60 Å². The van der Waals surface area contributed by atoms with Gasteiger partial charge in [-0.2, -0.15) is 0 Å². The van der Waals surface area contributed by atoms with Crippen LogP contribution in [-0.2, 0) is 16.0 Å². The van der Waals surface area contributed by atoms with Gasteiger partial charge in [0.1, 0.15) is 11.5 Å². The fourth-order valence-corrected chi connectivity index (χ4v) is 4.39. The summed E-state index contributed by atoms with van der Waals surface area (Å²) in [5.41, 5.74) is 0.124. The highest BCUT2D eigenvalue weighted by Crippen LogP contribution is 2.42. The van der Waals surface area contributed by atoms with Gasteiger partial charge in [-0.3, -0.25) is 4.90 Å². The third kappa shape index (κ3) is 3.87. The van der Waals surface area contributed by atoms with Crippen LogP contribution in [0.1, 0.15) is 50.0 Å². The van der Waals surface area contributed by atoms with Gasteiger partial charge in [-0.25, -0.2) is 0 Å². The lowest BCUT2D eigenvalue weighted by molar-refractivity contribution is -0.0738. The molecule has 1 aromatic rings. The molecule has 4 heteroatoms. The molecular weight excluding hydrogens is 302 g/mol. The minimum atomic E-state index is 0.124. The van der Waals surface area contributed by atoms with Crippen molar-refractivity contribution in [1.82, 2.24) is 4.90 Å². The van der Waals surface area contributed by atoms with Crippen molar-refractivity contribution in [3.63, 3.8) is 0 Å². The zero-order valence-corrected chi connectivity index (χ0v) is 15.0. The third-order valence-electron chi connectivity index (χ3n) is 6.14. The van der Waals surface area contributed by atoms with E-state index >= 15 is 0 Å². The predicted octanol–water partition coefficient (Wildman–Crippen LogP) is 3.78. The maximum Gasteiger partial charge on any atom is 0.118 e. The van der Waals surface area contributed by atoms with Crippen LogP contribution in [0.15, 0.2) is 16.5 Å². The van der Waals surface area contributed by atoms with Crippen molar-refractivity contribution < 1.29 is 13.9 Å². The molecule has 4 nitrogen and oxygen atoms in total. The van der Waals surface area contributed by atoms with Gasteiger partial charge in [0, 0.05) is 32.9 Å². The molecule has 1 atom stereocenters. The summed E-state index contributed by atoms with van der Waals surface area (Å²) in [6, 6.07) is 4.16. The van der Waals surface area contributed by atoms with Crippen LogP contribution in [0.4, 0.5) is 0 Å². The molecule has 0 bridgehead atoms. The monoisotopic (exact) mass is 333 g/mol. The number of piperidine rings is 1. The number of rotatable bonds is 7. The molecule has 0 N–H and O–H groups in total. The number of hydrogen-bond acceptors (Lipinski definition) is 4.